The van der Waals surface area contributed by atoms with E-state index in [1.165, 1.54) is 11.3 Å². The predicted molar refractivity (Wildman–Crippen MR) is 101 cm³/mol. The number of carbonyl (C=O) groups excluding carboxylic acids is 1. The van der Waals surface area contributed by atoms with Crippen molar-refractivity contribution in [3.05, 3.63) is 40.9 Å². The fraction of sp³-hybridized carbons (Fsp3) is 0.471. The standard InChI is InChI=1S/C17H23N3O3S2/c1-17(2,3)15-19-20-16(24-15)18-14(21)12-25(22,23)11-7-10-13-8-5-4-6-9-13/h4-6,8-9H,7,10-12H2,1-3H3,(H,18,20,21). The Bertz CT molecular complexity index is 809. The third kappa shape index (κ3) is 6.55. The van der Waals surface area contributed by atoms with Crippen LogP contribution in [0.2, 0.25) is 0 Å². The van der Waals surface area contributed by atoms with Gasteiger partial charge in [-0.2, -0.15) is 0 Å². The number of nitrogens with one attached hydrogen (secondary N) is 1. The molecule has 0 radical (unpaired) electrons. The van der Waals surface area contributed by atoms with Gasteiger partial charge in [-0.1, -0.05) is 62.4 Å². The van der Waals surface area contributed by atoms with Crippen LogP contribution in [-0.2, 0) is 26.5 Å². The Hall–Kier alpha value is -1.80. The Labute approximate surface area is 152 Å². The van der Waals surface area contributed by atoms with E-state index in [1.807, 2.05) is 51.1 Å². The molecule has 25 heavy (non-hydrogen) atoms. The van der Waals surface area contributed by atoms with Gasteiger partial charge in [0.1, 0.15) is 10.8 Å². The van der Waals surface area contributed by atoms with E-state index < -0.39 is 21.5 Å². The third-order valence-corrected chi connectivity index (χ3v) is 6.30. The Morgan fingerprint density at radius 2 is 1.84 bits per heavy atom. The zero-order valence-electron chi connectivity index (χ0n) is 14.7. The first-order valence-corrected chi connectivity index (χ1v) is 10.7. The van der Waals surface area contributed by atoms with E-state index in [0.717, 1.165) is 10.6 Å². The summed E-state index contributed by atoms with van der Waals surface area (Å²) in [6.45, 7) is 5.99. The van der Waals surface area contributed by atoms with E-state index in [0.29, 0.717) is 18.0 Å². The molecule has 0 aliphatic carbocycles. The van der Waals surface area contributed by atoms with Gasteiger partial charge in [-0.25, -0.2) is 8.42 Å². The largest absolute Gasteiger partial charge is 0.300 e. The number of amides is 1. The highest BCUT2D eigenvalue weighted by molar-refractivity contribution is 7.92. The number of hydrogen-bond acceptors (Lipinski definition) is 6. The Morgan fingerprint density at radius 3 is 2.44 bits per heavy atom. The number of nitrogens with zero attached hydrogens (tertiary/aromatic N) is 2. The highest BCUT2D eigenvalue weighted by Gasteiger charge is 2.21. The summed E-state index contributed by atoms with van der Waals surface area (Å²) in [6.07, 6.45) is 1.17. The number of anilines is 1. The molecular weight excluding hydrogens is 358 g/mol. The van der Waals surface area contributed by atoms with Gasteiger partial charge in [0.25, 0.3) is 0 Å². The quantitative estimate of drug-likeness (QED) is 0.796. The van der Waals surface area contributed by atoms with Crippen molar-refractivity contribution in [1.29, 1.82) is 0 Å². The maximum absolute atomic E-state index is 12.1. The van der Waals surface area contributed by atoms with Crippen molar-refractivity contribution >= 4 is 32.2 Å². The summed E-state index contributed by atoms with van der Waals surface area (Å²) in [4.78, 5) is 12.0. The van der Waals surface area contributed by atoms with Crippen molar-refractivity contribution < 1.29 is 13.2 Å². The summed E-state index contributed by atoms with van der Waals surface area (Å²) >= 11 is 1.26. The molecule has 1 heterocycles. The summed E-state index contributed by atoms with van der Waals surface area (Å²) in [5.74, 6) is -1.12. The molecule has 1 aromatic carbocycles. The Kier molecular flexibility index (Phi) is 6.29. The zero-order valence-corrected chi connectivity index (χ0v) is 16.3. The summed E-state index contributed by atoms with van der Waals surface area (Å²) in [5, 5.41) is 11.6. The fourth-order valence-electron chi connectivity index (χ4n) is 2.14. The first kappa shape index (κ1) is 19.5. The first-order chi connectivity index (χ1) is 11.7. The molecule has 0 bridgehead atoms. The SMILES string of the molecule is CC(C)(C)c1nnc(NC(=O)CS(=O)(=O)CCCc2ccccc2)s1. The summed E-state index contributed by atoms with van der Waals surface area (Å²) < 4.78 is 24.2. The number of aromatic nitrogens is 2. The molecule has 2 aromatic rings. The summed E-state index contributed by atoms with van der Waals surface area (Å²) in [5.41, 5.74) is 0.926. The van der Waals surface area contributed by atoms with Crippen LogP contribution < -0.4 is 5.32 Å². The second-order valence-corrected chi connectivity index (χ2v) is 10.1. The van der Waals surface area contributed by atoms with Gasteiger partial charge in [-0.3, -0.25) is 10.1 Å². The van der Waals surface area contributed by atoms with Gasteiger partial charge in [-0.15, -0.1) is 10.2 Å². The lowest BCUT2D eigenvalue weighted by atomic mass is 9.98. The molecule has 1 aromatic heterocycles. The first-order valence-electron chi connectivity index (χ1n) is 8.04. The number of benzene rings is 1. The lowest BCUT2D eigenvalue weighted by Crippen LogP contribution is -2.24. The molecule has 0 atom stereocenters. The zero-order chi connectivity index (χ0) is 18.5. The van der Waals surface area contributed by atoms with E-state index in [-0.39, 0.29) is 11.2 Å². The van der Waals surface area contributed by atoms with Crippen LogP contribution in [0.25, 0.3) is 0 Å². The van der Waals surface area contributed by atoms with E-state index in [2.05, 4.69) is 15.5 Å². The van der Waals surface area contributed by atoms with Crippen LogP contribution in [0.15, 0.2) is 30.3 Å². The van der Waals surface area contributed by atoms with Gasteiger partial charge in [0.15, 0.2) is 9.84 Å². The highest BCUT2D eigenvalue weighted by atomic mass is 32.2. The molecule has 2 rings (SSSR count). The van der Waals surface area contributed by atoms with Crippen molar-refractivity contribution in [2.45, 2.75) is 39.0 Å². The van der Waals surface area contributed by atoms with Gasteiger partial charge in [0.2, 0.25) is 11.0 Å². The third-order valence-electron chi connectivity index (χ3n) is 3.43. The molecule has 8 heteroatoms. The van der Waals surface area contributed by atoms with Gasteiger partial charge >= 0.3 is 0 Å². The fourth-order valence-corrected chi connectivity index (χ4v) is 4.16. The van der Waals surface area contributed by atoms with Crippen LogP contribution in [0.4, 0.5) is 5.13 Å². The van der Waals surface area contributed by atoms with Crippen LogP contribution in [0.5, 0.6) is 0 Å². The molecular formula is C17H23N3O3S2. The van der Waals surface area contributed by atoms with Crippen LogP contribution in [0, 0.1) is 0 Å². The number of sulfone groups is 1. The average molecular weight is 382 g/mol. The maximum atomic E-state index is 12.1. The van der Waals surface area contributed by atoms with E-state index in [4.69, 9.17) is 0 Å². The van der Waals surface area contributed by atoms with E-state index in [9.17, 15) is 13.2 Å². The molecule has 0 fully saturated rings. The van der Waals surface area contributed by atoms with Crippen LogP contribution in [0.3, 0.4) is 0 Å². The van der Waals surface area contributed by atoms with Gasteiger partial charge < -0.3 is 0 Å². The van der Waals surface area contributed by atoms with Gasteiger partial charge in [0.05, 0.1) is 5.75 Å². The molecule has 0 aliphatic heterocycles. The molecule has 0 aliphatic rings. The van der Waals surface area contributed by atoms with Crippen LogP contribution in [0.1, 0.15) is 37.8 Å². The molecule has 136 valence electrons. The maximum Gasteiger partial charge on any atom is 0.241 e. The number of rotatable bonds is 7. The molecule has 0 saturated heterocycles. The minimum absolute atomic E-state index is 0.0152. The van der Waals surface area contributed by atoms with Crippen molar-refractivity contribution in [1.82, 2.24) is 10.2 Å². The smallest absolute Gasteiger partial charge is 0.241 e. The average Bonchev–Trinajstić information content (AvgIpc) is 2.96. The predicted octanol–water partition coefficient (Wildman–Crippen LogP) is 2.82. The second kappa shape index (κ2) is 8.05. The number of carbonyl (C=O) groups is 1. The van der Waals surface area contributed by atoms with Gasteiger partial charge in [0, 0.05) is 5.41 Å². The number of aryl methyl sites for hydroxylation is 1. The molecule has 1 amide bonds. The Balaban J connectivity index is 1.83. The monoisotopic (exact) mass is 381 g/mol. The minimum atomic E-state index is -3.45. The lowest BCUT2D eigenvalue weighted by Gasteiger charge is -2.12. The van der Waals surface area contributed by atoms with Crippen molar-refractivity contribution in [2.24, 2.45) is 0 Å². The molecule has 0 saturated carbocycles. The van der Waals surface area contributed by atoms with Crippen LogP contribution in [-0.4, -0.2) is 36.0 Å². The highest BCUT2D eigenvalue weighted by Crippen LogP contribution is 2.27. The number of hydrogen-bond donors (Lipinski definition) is 1. The summed E-state index contributed by atoms with van der Waals surface area (Å²) in [6, 6.07) is 9.68. The lowest BCUT2D eigenvalue weighted by molar-refractivity contribution is -0.113. The van der Waals surface area contributed by atoms with Gasteiger partial charge in [-0.05, 0) is 18.4 Å². The second-order valence-electron chi connectivity index (χ2n) is 6.89. The van der Waals surface area contributed by atoms with Crippen molar-refractivity contribution in [3.8, 4) is 0 Å². The molecule has 0 spiro atoms. The van der Waals surface area contributed by atoms with Crippen molar-refractivity contribution in [2.75, 3.05) is 16.8 Å². The van der Waals surface area contributed by atoms with E-state index in [1.54, 1.807) is 0 Å². The topological polar surface area (TPSA) is 89.0 Å². The molecule has 6 nitrogen and oxygen atoms in total. The van der Waals surface area contributed by atoms with E-state index >= 15 is 0 Å². The Morgan fingerprint density at radius 1 is 1.16 bits per heavy atom. The normalized spacial score (nSPS) is 12.1. The van der Waals surface area contributed by atoms with Crippen LogP contribution >= 0.6 is 11.3 Å². The summed E-state index contributed by atoms with van der Waals surface area (Å²) in [7, 11) is -3.45. The van der Waals surface area contributed by atoms with Crippen molar-refractivity contribution in [3.63, 3.8) is 0 Å². The minimum Gasteiger partial charge on any atom is -0.300 e. The molecule has 1 N–H and O–H groups in total. The molecule has 0 unspecified atom stereocenters.